The van der Waals surface area contributed by atoms with E-state index in [0.29, 0.717) is 5.13 Å². The van der Waals surface area contributed by atoms with Crippen LogP contribution in [0.1, 0.15) is 23.9 Å². The van der Waals surface area contributed by atoms with Gasteiger partial charge in [-0.15, -0.1) is 10.2 Å². The molecule has 2 aromatic heterocycles. The number of aromatic nitrogens is 2. The largest absolute Gasteiger partial charge is 0.497 e. The van der Waals surface area contributed by atoms with Gasteiger partial charge in [-0.2, -0.15) is 5.10 Å². The van der Waals surface area contributed by atoms with Crippen molar-refractivity contribution in [2.45, 2.75) is 20.8 Å². The minimum Gasteiger partial charge on any atom is -0.497 e. The van der Waals surface area contributed by atoms with Crippen molar-refractivity contribution in [3.8, 4) is 28.1 Å². The van der Waals surface area contributed by atoms with Crippen LogP contribution in [-0.2, 0) is 0 Å². The lowest BCUT2D eigenvalue weighted by atomic mass is 9.95. The summed E-state index contributed by atoms with van der Waals surface area (Å²) in [5.41, 5.74) is 12.1. The molecule has 5 rings (SSSR count). The Morgan fingerprint density at radius 3 is 2.18 bits per heavy atom. The average molecular weight is 521 g/mol. The molecule has 0 unspecified atom stereocenters. The molecule has 0 aliphatic carbocycles. The Morgan fingerprint density at radius 1 is 0.868 bits per heavy atom. The quantitative estimate of drug-likeness (QED) is 0.122. The van der Waals surface area contributed by atoms with E-state index in [1.165, 1.54) is 11.3 Å². The predicted octanol–water partition coefficient (Wildman–Crippen LogP) is 8.68. The molecule has 8 heteroatoms. The highest BCUT2D eigenvalue weighted by Crippen LogP contribution is 2.37. The number of hydrogen-bond donors (Lipinski definition) is 2. The summed E-state index contributed by atoms with van der Waals surface area (Å²) in [6.45, 7) is 6.00. The number of rotatable bonds is 8. The van der Waals surface area contributed by atoms with Gasteiger partial charge >= 0.3 is 0 Å². The number of nitrogens with zero attached hydrogens (tertiary/aromatic N) is 4. The van der Waals surface area contributed by atoms with E-state index in [1.807, 2.05) is 50.2 Å². The van der Waals surface area contributed by atoms with Gasteiger partial charge in [0.15, 0.2) is 5.00 Å². The average Bonchev–Trinajstić information content (AvgIpc) is 3.50. The number of hydrogen-bond acceptors (Lipinski definition) is 7. The normalized spacial score (nSPS) is 11.7. The van der Waals surface area contributed by atoms with Crippen molar-refractivity contribution in [3.63, 3.8) is 0 Å². The van der Waals surface area contributed by atoms with Crippen LogP contribution in [0.25, 0.3) is 22.4 Å². The monoisotopic (exact) mass is 520 g/mol. The molecule has 0 bridgehead atoms. The van der Waals surface area contributed by atoms with Gasteiger partial charge in [0.25, 0.3) is 0 Å². The number of azo groups is 1. The molecule has 0 saturated carbocycles. The second-order valence-corrected chi connectivity index (χ2v) is 9.70. The van der Waals surface area contributed by atoms with Crippen LogP contribution in [0.3, 0.4) is 0 Å². The third-order valence-corrected chi connectivity index (χ3v) is 7.04. The van der Waals surface area contributed by atoms with E-state index < -0.39 is 0 Å². The van der Waals surface area contributed by atoms with Crippen LogP contribution in [0, 0.1) is 13.8 Å². The zero-order chi connectivity index (χ0) is 26.5. The molecule has 5 aromatic rings. The van der Waals surface area contributed by atoms with E-state index in [1.54, 1.807) is 7.11 Å². The highest BCUT2D eigenvalue weighted by molar-refractivity contribution is 7.19. The summed E-state index contributed by atoms with van der Waals surface area (Å²) in [5.74, 6) is 0.779. The number of thiazole rings is 1. The number of nitrogens with one attached hydrogen (secondary N) is 2. The van der Waals surface area contributed by atoms with Crippen molar-refractivity contribution in [1.29, 1.82) is 0 Å². The molecule has 2 heterocycles. The Kier molecular flexibility index (Phi) is 7.42. The molecule has 190 valence electrons. The second kappa shape index (κ2) is 11.2. The van der Waals surface area contributed by atoms with Crippen LogP contribution >= 0.6 is 11.3 Å². The first-order chi connectivity index (χ1) is 18.5. The second-order valence-electron chi connectivity index (χ2n) is 8.72. The SMILES string of the molecule is COc1ccc(N=Nc2sc(NN=C(C)c3c(C)[nH]c(-c4ccccc4)c3-c3ccccc3)nc2C)cc1. The number of hydrazone groups is 1. The van der Waals surface area contributed by atoms with Gasteiger partial charge in [0.05, 0.1) is 29.9 Å². The number of aromatic amines is 1. The maximum atomic E-state index is 5.19. The van der Waals surface area contributed by atoms with E-state index in [-0.39, 0.29) is 0 Å². The van der Waals surface area contributed by atoms with Gasteiger partial charge < -0.3 is 9.72 Å². The highest BCUT2D eigenvalue weighted by Gasteiger charge is 2.20. The van der Waals surface area contributed by atoms with Crippen molar-refractivity contribution >= 4 is 32.9 Å². The van der Waals surface area contributed by atoms with Crippen molar-refractivity contribution in [3.05, 3.63) is 102 Å². The maximum Gasteiger partial charge on any atom is 0.205 e. The molecule has 0 spiro atoms. The van der Waals surface area contributed by atoms with Crippen LogP contribution in [-0.4, -0.2) is 22.8 Å². The third kappa shape index (κ3) is 5.40. The zero-order valence-corrected chi connectivity index (χ0v) is 22.5. The maximum absolute atomic E-state index is 5.19. The fourth-order valence-electron chi connectivity index (χ4n) is 4.26. The zero-order valence-electron chi connectivity index (χ0n) is 21.7. The number of aryl methyl sites for hydroxylation is 2. The van der Waals surface area contributed by atoms with Crippen molar-refractivity contribution in [1.82, 2.24) is 9.97 Å². The molecular formula is C30H28N6OS. The predicted molar refractivity (Wildman–Crippen MR) is 156 cm³/mol. The molecule has 0 amide bonds. The summed E-state index contributed by atoms with van der Waals surface area (Å²) < 4.78 is 5.19. The molecule has 38 heavy (non-hydrogen) atoms. The van der Waals surface area contributed by atoms with Crippen LogP contribution in [0.15, 0.2) is 100 Å². The Labute approximate surface area is 226 Å². The first-order valence-electron chi connectivity index (χ1n) is 12.2. The summed E-state index contributed by atoms with van der Waals surface area (Å²) in [5, 5.41) is 14.8. The molecule has 0 fully saturated rings. The molecular weight excluding hydrogens is 492 g/mol. The van der Waals surface area contributed by atoms with E-state index in [0.717, 1.165) is 61.5 Å². The van der Waals surface area contributed by atoms with Crippen LogP contribution in [0.2, 0.25) is 0 Å². The molecule has 2 N–H and O–H groups in total. The molecule has 3 aromatic carbocycles. The van der Waals surface area contributed by atoms with Crippen LogP contribution in [0.5, 0.6) is 5.75 Å². The smallest absolute Gasteiger partial charge is 0.205 e. The van der Waals surface area contributed by atoms with Gasteiger partial charge in [-0.3, -0.25) is 5.43 Å². The van der Waals surface area contributed by atoms with E-state index in [9.17, 15) is 0 Å². The minimum atomic E-state index is 0.656. The van der Waals surface area contributed by atoms with Gasteiger partial charge in [0.1, 0.15) is 5.75 Å². The third-order valence-electron chi connectivity index (χ3n) is 6.09. The molecule has 0 saturated heterocycles. The number of benzene rings is 3. The summed E-state index contributed by atoms with van der Waals surface area (Å²) >= 11 is 1.41. The standard InChI is InChI=1S/C30H28N6OS/c1-19-26(27(22-11-7-5-8-12-22)28(31-19)23-13-9-6-10-14-23)20(2)33-36-30-32-21(3)29(38-30)35-34-24-15-17-25(37-4)18-16-24/h5-18,31H,1-4H3,(H,32,36). The van der Waals surface area contributed by atoms with Crippen molar-refractivity contribution in [2.75, 3.05) is 12.5 Å². The lowest BCUT2D eigenvalue weighted by molar-refractivity contribution is 0.415. The topological polar surface area (TPSA) is 87.0 Å². The summed E-state index contributed by atoms with van der Waals surface area (Å²) in [6, 6.07) is 28.2. The van der Waals surface area contributed by atoms with Crippen LogP contribution < -0.4 is 10.2 Å². The molecule has 0 aliphatic rings. The van der Waals surface area contributed by atoms with Crippen LogP contribution in [0.4, 0.5) is 15.8 Å². The van der Waals surface area contributed by atoms with E-state index >= 15 is 0 Å². The van der Waals surface area contributed by atoms with Gasteiger partial charge in [-0.25, -0.2) is 4.98 Å². The first kappa shape index (κ1) is 25.1. The molecule has 0 atom stereocenters. The number of methoxy groups -OCH3 is 1. The van der Waals surface area contributed by atoms with Gasteiger partial charge in [-0.05, 0) is 56.2 Å². The molecule has 0 radical (unpaired) electrons. The minimum absolute atomic E-state index is 0.656. The first-order valence-corrected chi connectivity index (χ1v) is 13.0. The number of H-pyrrole nitrogens is 1. The lowest BCUT2D eigenvalue weighted by Crippen LogP contribution is -2.02. The van der Waals surface area contributed by atoms with E-state index in [4.69, 9.17) is 9.84 Å². The fourth-order valence-corrected chi connectivity index (χ4v) is 4.99. The number of ether oxygens (including phenoxy) is 1. The van der Waals surface area contributed by atoms with Gasteiger partial charge in [0.2, 0.25) is 5.13 Å². The lowest BCUT2D eigenvalue weighted by Gasteiger charge is -2.09. The fraction of sp³-hybridized carbons (Fsp3) is 0.133. The van der Waals surface area contributed by atoms with E-state index in [2.05, 4.69) is 81.1 Å². The van der Waals surface area contributed by atoms with Gasteiger partial charge in [0, 0.05) is 16.8 Å². The Morgan fingerprint density at radius 2 is 1.53 bits per heavy atom. The Hall–Kier alpha value is -4.56. The number of anilines is 1. The Balaban J connectivity index is 1.43. The van der Waals surface area contributed by atoms with Crippen molar-refractivity contribution in [2.24, 2.45) is 15.3 Å². The highest BCUT2D eigenvalue weighted by atomic mass is 32.1. The summed E-state index contributed by atoms with van der Waals surface area (Å²) in [6.07, 6.45) is 0. The molecule has 0 aliphatic heterocycles. The summed E-state index contributed by atoms with van der Waals surface area (Å²) in [7, 11) is 1.64. The van der Waals surface area contributed by atoms with Gasteiger partial charge in [-0.1, -0.05) is 72.0 Å². The molecule has 7 nitrogen and oxygen atoms in total. The Bertz CT molecular complexity index is 1590. The summed E-state index contributed by atoms with van der Waals surface area (Å²) in [4.78, 5) is 8.19. The van der Waals surface area contributed by atoms with Crippen molar-refractivity contribution < 1.29 is 4.74 Å².